The molecular weight excluding hydrogens is 263 g/mol. The zero-order valence-corrected chi connectivity index (χ0v) is 13.9. The second-order valence-corrected chi connectivity index (χ2v) is 6.06. The van der Waals surface area contributed by atoms with E-state index in [1.807, 2.05) is 0 Å². The Morgan fingerprint density at radius 2 is 1.10 bits per heavy atom. The first-order valence-corrected chi connectivity index (χ1v) is 7.45. The highest BCUT2D eigenvalue weighted by Crippen LogP contribution is 2.29. The van der Waals surface area contributed by atoms with Crippen LogP contribution in [-0.2, 0) is 4.52 Å². The second-order valence-electron chi connectivity index (χ2n) is 5.73. The van der Waals surface area contributed by atoms with Gasteiger partial charge in [-0.3, -0.25) is 0 Å². The normalized spacial score (nSPS) is 11.1. The molecule has 2 aromatic rings. The summed E-state index contributed by atoms with van der Waals surface area (Å²) in [5, 5.41) is 0. The van der Waals surface area contributed by atoms with Gasteiger partial charge < -0.3 is 4.52 Å². The van der Waals surface area contributed by atoms with Crippen molar-refractivity contribution < 1.29 is 4.52 Å². The average Bonchev–Trinajstić information content (AvgIpc) is 2.33. The molecule has 0 radical (unpaired) electrons. The Labute approximate surface area is 124 Å². The van der Waals surface area contributed by atoms with Crippen molar-refractivity contribution in [1.29, 1.82) is 0 Å². The summed E-state index contributed by atoms with van der Waals surface area (Å²) in [6.45, 7) is 9.27. The fraction of sp³-hybridized carbons (Fsp3) is 0.333. The predicted molar refractivity (Wildman–Crippen MR) is 89.3 cm³/mol. The van der Waals surface area contributed by atoms with Crippen molar-refractivity contribution in [3.05, 3.63) is 69.8 Å². The lowest BCUT2D eigenvalue weighted by atomic mass is 9.88. The van der Waals surface area contributed by atoms with Crippen molar-refractivity contribution in [2.24, 2.45) is 0 Å². The molecule has 0 N–H and O–H groups in total. The van der Waals surface area contributed by atoms with Crippen LogP contribution in [0.5, 0.6) is 0 Å². The maximum absolute atomic E-state index is 5.39. The molecule has 0 saturated carbocycles. The second kappa shape index (κ2) is 6.52. The van der Waals surface area contributed by atoms with Crippen LogP contribution >= 0.6 is 9.47 Å². The van der Waals surface area contributed by atoms with Gasteiger partial charge in [0.2, 0.25) is 0 Å². The van der Waals surface area contributed by atoms with E-state index in [9.17, 15) is 0 Å². The van der Waals surface area contributed by atoms with Crippen LogP contribution in [0.2, 0.25) is 0 Å². The Balaban J connectivity index is 2.49. The van der Waals surface area contributed by atoms with Crippen LogP contribution in [-0.4, -0.2) is 6.61 Å². The van der Waals surface area contributed by atoms with E-state index in [0.29, 0.717) is 6.61 Å². The van der Waals surface area contributed by atoms with Gasteiger partial charge >= 0.3 is 0 Å². The first kappa shape index (κ1) is 15.2. The summed E-state index contributed by atoms with van der Waals surface area (Å²) < 4.78 is 5.39. The standard InChI is InChI=1S/C18H23OP/c1-12-5-13(2)8-16(7-12)18(11-19-20)17-9-14(3)6-15(4)10-17/h5-10,18H,11,20H2,1-4H3. The minimum atomic E-state index is 0.282. The van der Waals surface area contributed by atoms with Gasteiger partial charge in [-0.25, -0.2) is 0 Å². The Bertz CT molecular complexity index is 512. The Morgan fingerprint density at radius 1 is 0.750 bits per heavy atom. The molecular formula is C18H23OP. The molecule has 0 aromatic heterocycles. The molecule has 2 heteroatoms. The maximum atomic E-state index is 5.39. The first-order chi connectivity index (χ1) is 9.49. The average molecular weight is 286 g/mol. The van der Waals surface area contributed by atoms with Crippen LogP contribution in [0.3, 0.4) is 0 Å². The number of hydrogen-bond donors (Lipinski definition) is 0. The molecule has 0 aliphatic carbocycles. The molecule has 0 aliphatic rings. The van der Waals surface area contributed by atoms with Crippen LogP contribution in [0.4, 0.5) is 0 Å². The Morgan fingerprint density at radius 3 is 1.40 bits per heavy atom. The van der Waals surface area contributed by atoms with Crippen molar-refractivity contribution >= 4 is 9.47 Å². The predicted octanol–water partition coefficient (Wildman–Crippen LogP) is 4.86. The van der Waals surface area contributed by atoms with E-state index in [1.54, 1.807) is 0 Å². The van der Waals surface area contributed by atoms with Gasteiger partial charge in [0, 0.05) is 15.4 Å². The lowest BCUT2D eigenvalue weighted by molar-refractivity contribution is 0.353. The van der Waals surface area contributed by atoms with Crippen LogP contribution in [0, 0.1) is 27.7 Å². The zero-order valence-electron chi connectivity index (χ0n) is 12.7. The van der Waals surface area contributed by atoms with Gasteiger partial charge in [0.05, 0.1) is 6.61 Å². The number of benzene rings is 2. The topological polar surface area (TPSA) is 9.23 Å². The largest absolute Gasteiger partial charge is 0.365 e. The molecule has 0 fully saturated rings. The lowest BCUT2D eigenvalue weighted by Crippen LogP contribution is -2.08. The van der Waals surface area contributed by atoms with Gasteiger partial charge in [0.15, 0.2) is 0 Å². The highest BCUT2D eigenvalue weighted by atomic mass is 31.0. The SMILES string of the molecule is Cc1cc(C)cc(C(COP)c2cc(C)cc(C)c2)c1. The lowest BCUT2D eigenvalue weighted by Gasteiger charge is -2.19. The molecule has 0 spiro atoms. The van der Waals surface area contributed by atoms with Gasteiger partial charge in [-0.1, -0.05) is 58.7 Å². The number of rotatable bonds is 4. The summed E-state index contributed by atoms with van der Waals surface area (Å²) >= 11 is 0. The molecule has 2 aromatic carbocycles. The molecule has 0 amide bonds. The molecule has 20 heavy (non-hydrogen) atoms. The van der Waals surface area contributed by atoms with Crippen LogP contribution in [0.15, 0.2) is 36.4 Å². The molecule has 1 atom stereocenters. The zero-order chi connectivity index (χ0) is 14.7. The summed E-state index contributed by atoms with van der Waals surface area (Å²) in [5.41, 5.74) is 7.87. The fourth-order valence-electron chi connectivity index (χ4n) is 2.90. The molecule has 1 unspecified atom stereocenters. The molecule has 106 valence electrons. The smallest absolute Gasteiger partial charge is 0.0611 e. The highest BCUT2D eigenvalue weighted by molar-refractivity contribution is 7.09. The van der Waals surface area contributed by atoms with Gasteiger partial charge in [-0.2, -0.15) is 0 Å². The van der Waals surface area contributed by atoms with E-state index in [-0.39, 0.29) is 5.92 Å². The molecule has 0 heterocycles. The Kier molecular flexibility index (Phi) is 4.96. The van der Waals surface area contributed by atoms with Crippen molar-refractivity contribution in [2.45, 2.75) is 33.6 Å². The summed E-state index contributed by atoms with van der Waals surface area (Å²) in [6.07, 6.45) is 0. The summed E-state index contributed by atoms with van der Waals surface area (Å²) in [5.74, 6) is 0.282. The van der Waals surface area contributed by atoms with Gasteiger partial charge in [0.1, 0.15) is 0 Å². The third kappa shape index (κ3) is 3.69. The van der Waals surface area contributed by atoms with E-state index < -0.39 is 0 Å². The van der Waals surface area contributed by atoms with E-state index in [0.717, 1.165) is 0 Å². The molecule has 1 nitrogen and oxygen atoms in total. The van der Waals surface area contributed by atoms with E-state index >= 15 is 0 Å². The van der Waals surface area contributed by atoms with E-state index in [2.05, 4.69) is 73.6 Å². The molecule has 2 rings (SSSR count). The van der Waals surface area contributed by atoms with Gasteiger partial charge in [-0.05, 0) is 38.8 Å². The van der Waals surface area contributed by atoms with Crippen LogP contribution in [0.25, 0.3) is 0 Å². The molecule has 0 saturated heterocycles. The maximum Gasteiger partial charge on any atom is 0.0611 e. The van der Waals surface area contributed by atoms with Gasteiger partial charge in [-0.15, -0.1) is 0 Å². The van der Waals surface area contributed by atoms with Crippen molar-refractivity contribution in [3.8, 4) is 0 Å². The number of hydrogen-bond acceptors (Lipinski definition) is 1. The van der Waals surface area contributed by atoms with Crippen LogP contribution < -0.4 is 0 Å². The summed E-state index contributed by atoms with van der Waals surface area (Å²) in [6, 6.07) is 13.5. The van der Waals surface area contributed by atoms with Crippen molar-refractivity contribution in [3.63, 3.8) is 0 Å². The summed E-state index contributed by atoms with van der Waals surface area (Å²) in [7, 11) is 2.37. The monoisotopic (exact) mass is 286 g/mol. The quantitative estimate of drug-likeness (QED) is 0.729. The Hall–Kier alpha value is -1.17. The third-order valence-electron chi connectivity index (χ3n) is 3.56. The summed E-state index contributed by atoms with van der Waals surface area (Å²) in [4.78, 5) is 0. The highest BCUT2D eigenvalue weighted by Gasteiger charge is 2.15. The first-order valence-electron chi connectivity index (χ1n) is 6.97. The number of aryl methyl sites for hydroxylation is 4. The third-order valence-corrected chi connectivity index (χ3v) is 3.75. The van der Waals surface area contributed by atoms with Crippen molar-refractivity contribution in [1.82, 2.24) is 0 Å². The van der Waals surface area contributed by atoms with Crippen molar-refractivity contribution in [2.75, 3.05) is 6.61 Å². The minimum absolute atomic E-state index is 0.282. The van der Waals surface area contributed by atoms with Crippen LogP contribution in [0.1, 0.15) is 39.3 Å². The van der Waals surface area contributed by atoms with E-state index in [1.165, 1.54) is 33.4 Å². The van der Waals surface area contributed by atoms with E-state index in [4.69, 9.17) is 4.52 Å². The van der Waals surface area contributed by atoms with Gasteiger partial charge in [0.25, 0.3) is 0 Å². The molecule has 0 bridgehead atoms. The molecule has 0 aliphatic heterocycles. The minimum Gasteiger partial charge on any atom is -0.365 e. The fourth-order valence-corrected chi connectivity index (χ4v) is 3.10.